The summed E-state index contributed by atoms with van der Waals surface area (Å²) in [6.07, 6.45) is 0. The molecule has 0 bridgehead atoms. The van der Waals surface area contributed by atoms with Crippen LogP contribution in [0.25, 0.3) is 0 Å². The van der Waals surface area contributed by atoms with Crippen LogP contribution in [0.2, 0.25) is 19.6 Å². The van der Waals surface area contributed by atoms with Gasteiger partial charge in [-0.1, -0.05) is 97.1 Å². The second-order valence-electron chi connectivity index (χ2n) is 10.7. The van der Waals surface area contributed by atoms with Gasteiger partial charge in [0, 0.05) is 24.6 Å². The van der Waals surface area contributed by atoms with Gasteiger partial charge < -0.3 is 19.2 Å². The number of amides is 1. The number of fused-ring (bicyclic) bond motifs is 2. The highest BCUT2D eigenvalue weighted by molar-refractivity contribution is 6.69. The number of carbonyl (C=O) groups excluding carboxylic acids is 1. The van der Waals surface area contributed by atoms with Crippen molar-refractivity contribution in [2.24, 2.45) is 0 Å². The molecular weight excluding hydrogens is 502 g/mol. The van der Waals surface area contributed by atoms with E-state index in [-0.39, 0.29) is 12.5 Å². The average Bonchev–Trinajstić information content (AvgIpc) is 2.93. The van der Waals surface area contributed by atoms with Crippen molar-refractivity contribution in [1.82, 2.24) is 5.32 Å². The Kier molecular flexibility index (Phi) is 7.45. The molecular formula is C33H35NO4Si. The number of hydrogen-bond donors (Lipinski definition) is 1. The summed E-state index contributed by atoms with van der Waals surface area (Å²) in [5, 5.41) is 2.90. The number of ether oxygens (including phenoxy) is 2. The minimum Gasteiger partial charge on any atom is -0.457 e. The fraction of sp³-hybridized carbons (Fsp3) is 0.242. The molecule has 5 nitrogen and oxygen atoms in total. The molecule has 1 heterocycles. The predicted octanol–water partition coefficient (Wildman–Crippen LogP) is 6.98. The Bertz CT molecular complexity index is 1350. The minimum absolute atomic E-state index is 0.0987. The fourth-order valence-electron chi connectivity index (χ4n) is 5.60. The van der Waals surface area contributed by atoms with Crippen LogP contribution in [-0.2, 0) is 25.2 Å². The van der Waals surface area contributed by atoms with Gasteiger partial charge in [-0.25, -0.2) is 0 Å². The van der Waals surface area contributed by atoms with Crippen LogP contribution in [0.3, 0.4) is 0 Å². The van der Waals surface area contributed by atoms with Gasteiger partial charge >= 0.3 is 0 Å². The highest BCUT2D eigenvalue weighted by Crippen LogP contribution is 2.61. The summed E-state index contributed by atoms with van der Waals surface area (Å²) in [5.41, 5.74) is 1.45. The summed E-state index contributed by atoms with van der Waals surface area (Å²) in [6.45, 7) is 8.75. The van der Waals surface area contributed by atoms with Crippen LogP contribution < -0.4 is 10.1 Å². The molecule has 0 saturated heterocycles. The Hall–Kier alpha value is -3.71. The molecule has 0 fully saturated rings. The lowest BCUT2D eigenvalue weighted by Gasteiger charge is -2.55. The first-order valence-corrected chi connectivity index (χ1v) is 16.8. The average molecular weight is 538 g/mol. The summed E-state index contributed by atoms with van der Waals surface area (Å²) in [5.74, 6) is 1.37. The van der Waals surface area contributed by atoms with Crippen LogP contribution in [0.15, 0.2) is 109 Å². The number of carbonyl (C=O) groups is 1. The Balaban J connectivity index is 1.93. The third-order valence-corrected chi connectivity index (χ3v) is 7.78. The van der Waals surface area contributed by atoms with Gasteiger partial charge in [0.05, 0.1) is 6.61 Å². The van der Waals surface area contributed by atoms with Crippen molar-refractivity contribution in [3.8, 4) is 11.5 Å². The topological polar surface area (TPSA) is 56.8 Å². The summed E-state index contributed by atoms with van der Waals surface area (Å²) < 4.78 is 21.2. The second kappa shape index (κ2) is 10.8. The van der Waals surface area contributed by atoms with Crippen molar-refractivity contribution in [3.63, 3.8) is 0 Å². The monoisotopic (exact) mass is 537 g/mol. The van der Waals surface area contributed by atoms with Crippen molar-refractivity contribution < 1.29 is 18.7 Å². The van der Waals surface area contributed by atoms with Crippen LogP contribution in [0.1, 0.15) is 29.2 Å². The number of rotatable bonds is 9. The summed E-state index contributed by atoms with van der Waals surface area (Å²) >= 11 is 0. The lowest BCUT2D eigenvalue weighted by Crippen LogP contribution is -2.59. The Labute approximate surface area is 231 Å². The van der Waals surface area contributed by atoms with Crippen molar-refractivity contribution >= 4 is 14.2 Å². The Morgan fingerprint density at radius 3 is 1.69 bits per heavy atom. The molecule has 0 radical (unpaired) electrons. The molecule has 6 heteroatoms. The zero-order valence-electron chi connectivity index (χ0n) is 22.9. The SMILES string of the molecule is CC(=O)NCCOC(c1ccccc1)(c1ccccc1)C1(O[Si](C)(C)C)c2ccccc2Oc2ccccc21. The highest BCUT2D eigenvalue weighted by atomic mass is 28.4. The summed E-state index contributed by atoms with van der Waals surface area (Å²) in [7, 11) is -2.30. The van der Waals surface area contributed by atoms with Crippen molar-refractivity contribution in [2.45, 2.75) is 37.8 Å². The van der Waals surface area contributed by atoms with E-state index < -0.39 is 19.5 Å². The lowest BCUT2D eigenvalue weighted by atomic mass is 9.65. The smallest absolute Gasteiger partial charge is 0.216 e. The maximum atomic E-state index is 11.8. The van der Waals surface area contributed by atoms with Gasteiger partial charge in [-0.2, -0.15) is 0 Å². The summed E-state index contributed by atoms with van der Waals surface area (Å²) in [6, 6.07) is 36.7. The van der Waals surface area contributed by atoms with E-state index in [4.69, 9.17) is 13.9 Å². The normalized spacial score (nSPS) is 14.1. The van der Waals surface area contributed by atoms with Gasteiger partial charge in [0.2, 0.25) is 5.91 Å². The molecule has 0 saturated carbocycles. The molecule has 0 atom stereocenters. The van der Waals surface area contributed by atoms with Crippen LogP contribution in [0, 0.1) is 0 Å². The molecule has 1 aliphatic heterocycles. The minimum atomic E-state index is -2.30. The molecule has 0 aromatic heterocycles. The molecule has 4 aromatic carbocycles. The quantitative estimate of drug-likeness (QED) is 0.185. The largest absolute Gasteiger partial charge is 0.457 e. The van der Waals surface area contributed by atoms with E-state index in [1.807, 2.05) is 72.8 Å². The summed E-state index contributed by atoms with van der Waals surface area (Å²) in [4.78, 5) is 11.8. The van der Waals surface area contributed by atoms with Crippen LogP contribution in [0.5, 0.6) is 11.5 Å². The number of para-hydroxylation sites is 2. The van der Waals surface area contributed by atoms with E-state index in [2.05, 4.69) is 61.4 Å². The molecule has 1 aliphatic rings. The molecule has 0 aliphatic carbocycles. The molecule has 200 valence electrons. The van der Waals surface area contributed by atoms with Crippen molar-refractivity contribution in [3.05, 3.63) is 131 Å². The van der Waals surface area contributed by atoms with Gasteiger partial charge in [0.15, 0.2) is 19.5 Å². The number of nitrogens with one attached hydrogen (secondary N) is 1. The van der Waals surface area contributed by atoms with Gasteiger partial charge in [-0.15, -0.1) is 0 Å². The van der Waals surface area contributed by atoms with Crippen molar-refractivity contribution in [1.29, 1.82) is 0 Å². The first-order valence-electron chi connectivity index (χ1n) is 13.3. The van der Waals surface area contributed by atoms with E-state index in [1.165, 1.54) is 6.92 Å². The lowest BCUT2D eigenvalue weighted by molar-refractivity contribution is -0.146. The molecule has 4 aromatic rings. The van der Waals surface area contributed by atoms with Gasteiger partial charge in [-0.3, -0.25) is 4.79 Å². The van der Waals surface area contributed by atoms with Crippen LogP contribution >= 0.6 is 0 Å². The van der Waals surface area contributed by atoms with Gasteiger partial charge in [0.25, 0.3) is 0 Å². The first kappa shape index (κ1) is 26.9. The van der Waals surface area contributed by atoms with E-state index in [0.717, 1.165) is 33.8 Å². The Morgan fingerprint density at radius 1 is 0.769 bits per heavy atom. The molecule has 5 rings (SSSR count). The molecule has 0 unspecified atom stereocenters. The molecule has 1 amide bonds. The third-order valence-electron chi connectivity index (χ3n) is 6.86. The maximum absolute atomic E-state index is 11.8. The van der Waals surface area contributed by atoms with Crippen molar-refractivity contribution in [2.75, 3.05) is 13.2 Å². The zero-order chi connectivity index (χ0) is 27.5. The third kappa shape index (κ3) is 4.91. The van der Waals surface area contributed by atoms with Gasteiger partial charge in [0.1, 0.15) is 11.5 Å². The molecule has 39 heavy (non-hydrogen) atoms. The first-order chi connectivity index (χ1) is 18.8. The van der Waals surface area contributed by atoms with Crippen LogP contribution in [-0.4, -0.2) is 27.4 Å². The van der Waals surface area contributed by atoms with Crippen LogP contribution in [0.4, 0.5) is 0 Å². The number of benzene rings is 4. The standard InChI is InChI=1S/C33H35NO4Si/c1-25(35)34-23-24-36-32(26-15-7-5-8-16-26,27-17-9-6-10-18-27)33(38-39(2,3)4)28-19-11-13-21-30(28)37-31-22-14-12-20-29(31)33/h5-22H,23-24H2,1-4H3,(H,34,35). The maximum Gasteiger partial charge on any atom is 0.216 e. The van der Waals surface area contributed by atoms with Gasteiger partial charge in [-0.05, 0) is 42.9 Å². The predicted molar refractivity (Wildman–Crippen MR) is 156 cm³/mol. The number of hydrogen-bond acceptors (Lipinski definition) is 4. The van der Waals surface area contributed by atoms with E-state index >= 15 is 0 Å². The molecule has 0 spiro atoms. The molecule has 1 N–H and O–H groups in total. The van der Waals surface area contributed by atoms with E-state index in [9.17, 15) is 4.79 Å². The Morgan fingerprint density at radius 2 is 1.23 bits per heavy atom. The van der Waals surface area contributed by atoms with E-state index in [0.29, 0.717) is 6.54 Å². The second-order valence-corrected chi connectivity index (χ2v) is 15.2. The highest BCUT2D eigenvalue weighted by Gasteiger charge is 2.62. The fourth-order valence-corrected chi connectivity index (χ4v) is 6.88. The zero-order valence-corrected chi connectivity index (χ0v) is 23.9. The van der Waals surface area contributed by atoms with E-state index in [1.54, 1.807) is 0 Å².